The molecule has 2 aliphatic carbocycles. The molecule has 0 aliphatic heterocycles. The van der Waals surface area contributed by atoms with E-state index in [1.165, 1.54) is 12.1 Å². The van der Waals surface area contributed by atoms with Crippen molar-refractivity contribution >= 4 is 5.91 Å². The molecule has 0 heterocycles. The van der Waals surface area contributed by atoms with Crippen LogP contribution >= 0.6 is 0 Å². The van der Waals surface area contributed by atoms with Crippen molar-refractivity contribution < 1.29 is 14.3 Å². The van der Waals surface area contributed by atoms with E-state index in [-0.39, 0.29) is 29.6 Å². The molecule has 23 heavy (non-hydrogen) atoms. The fourth-order valence-corrected chi connectivity index (χ4v) is 3.60. The second kappa shape index (κ2) is 5.46. The normalized spacial score (nSPS) is 28.3. The van der Waals surface area contributed by atoms with Gasteiger partial charge in [-0.25, -0.2) is 4.39 Å². The fraction of sp³-hybridized carbons (Fsp3) is 0.316. The minimum Gasteiger partial charge on any atom is -0.390 e. The number of carbonyl (C=O) groups excluding carboxylic acids is 1. The van der Waals surface area contributed by atoms with Crippen LogP contribution in [-0.2, 0) is 11.2 Å². The number of hydrogen-bond donors (Lipinski definition) is 2. The van der Waals surface area contributed by atoms with Gasteiger partial charge in [-0.3, -0.25) is 4.79 Å². The highest BCUT2D eigenvalue weighted by Gasteiger charge is 2.45. The first kappa shape index (κ1) is 14.4. The van der Waals surface area contributed by atoms with Crippen molar-refractivity contribution in [3.8, 4) is 0 Å². The molecule has 3 nitrogen and oxygen atoms in total. The molecule has 0 aromatic heterocycles. The first-order valence-electron chi connectivity index (χ1n) is 7.95. The fourth-order valence-electron chi connectivity index (χ4n) is 3.60. The first-order valence-corrected chi connectivity index (χ1v) is 7.95. The van der Waals surface area contributed by atoms with Crippen molar-refractivity contribution in [2.75, 3.05) is 0 Å². The number of rotatable bonds is 3. The predicted molar refractivity (Wildman–Crippen MR) is 84.3 cm³/mol. The molecule has 0 unspecified atom stereocenters. The van der Waals surface area contributed by atoms with Crippen LogP contribution in [0.25, 0.3) is 0 Å². The summed E-state index contributed by atoms with van der Waals surface area (Å²) in [7, 11) is 0. The topological polar surface area (TPSA) is 49.3 Å². The number of carbonyl (C=O) groups is 1. The number of nitrogens with one attached hydrogen (secondary N) is 1. The smallest absolute Gasteiger partial charge is 0.224 e. The van der Waals surface area contributed by atoms with Crippen LogP contribution in [0.5, 0.6) is 0 Å². The lowest BCUT2D eigenvalue weighted by Gasteiger charge is -2.18. The molecule has 118 valence electrons. The van der Waals surface area contributed by atoms with Gasteiger partial charge in [0.15, 0.2) is 0 Å². The molecule has 2 aromatic rings. The molecule has 2 aliphatic rings. The Balaban J connectivity index is 1.46. The van der Waals surface area contributed by atoms with E-state index in [4.69, 9.17) is 0 Å². The monoisotopic (exact) mass is 311 g/mol. The summed E-state index contributed by atoms with van der Waals surface area (Å²) in [5.74, 6) is -0.370. The molecule has 0 radical (unpaired) electrons. The van der Waals surface area contributed by atoms with Crippen LogP contribution in [0.1, 0.15) is 35.1 Å². The second-order valence-corrected chi connectivity index (χ2v) is 6.46. The molecule has 0 bridgehead atoms. The maximum atomic E-state index is 13.3. The number of amides is 1. The van der Waals surface area contributed by atoms with Gasteiger partial charge in [-0.15, -0.1) is 0 Å². The molecule has 1 amide bonds. The maximum absolute atomic E-state index is 13.3. The summed E-state index contributed by atoms with van der Waals surface area (Å²) in [6.07, 6.45) is 0.724. The van der Waals surface area contributed by atoms with Crippen molar-refractivity contribution in [3.05, 3.63) is 71.0 Å². The van der Waals surface area contributed by atoms with Gasteiger partial charge in [0.2, 0.25) is 5.91 Å². The van der Waals surface area contributed by atoms with Gasteiger partial charge in [-0.2, -0.15) is 0 Å². The summed E-state index contributed by atoms with van der Waals surface area (Å²) in [6.45, 7) is 0. The third-order valence-electron chi connectivity index (χ3n) is 4.91. The van der Waals surface area contributed by atoms with Gasteiger partial charge in [0, 0.05) is 12.3 Å². The van der Waals surface area contributed by atoms with E-state index in [1.54, 1.807) is 6.07 Å². The van der Waals surface area contributed by atoms with Crippen molar-refractivity contribution in [1.82, 2.24) is 5.32 Å². The number of halogens is 1. The highest BCUT2D eigenvalue weighted by molar-refractivity contribution is 5.83. The molecule has 4 rings (SSSR count). The molecule has 2 N–H and O–H groups in total. The van der Waals surface area contributed by atoms with E-state index in [2.05, 4.69) is 5.32 Å². The first-order chi connectivity index (χ1) is 11.1. The standard InChI is InChI=1S/C19H18FNO2/c20-13-6-3-5-11(8-13)15-10-16(15)19(23)21-18-14-7-2-1-4-12(14)9-17(18)22/h1-8,15-18,22H,9-10H2,(H,21,23)/t15-,16+,17+,18-/m1/s1. The highest BCUT2D eigenvalue weighted by atomic mass is 19.1. The van der Waals surface area contributed by atoms with E-state index in [9.17, 15) is 14.3 Å². The summed E-state index contributed by atoms with van der Waals surface area (Å²) < 4.78 is 13.3. The van der Waals surface area contributed by atoms with E-state index >= 15 is 0 Å². The van der Waals surface area contributed by atoms with Crippen molar-refractivity contribution in [1.29, 1.82) is 0 Å². The predicted octanol–water partition coefficient (Wildman–Crippen LogP) is 2.70. The molecule has 1 saturated carbocycles. The van der Waals surface area contributed by atoms with Crippen LogP contribution < -0.4 is 5.32 Å². The lowest BCUT2D eigenvalue weighted by molar-refractivity contribution is -0.123. The molecular formula is C19H18FNO2. The van der Waals surface area contributed by atoms with Gasteiger partial charge in [0.25, 0.3) is 0 Å². The lowest BCUT2D eigenvalue weighted by atomic mass is 10.1. The number of hydrogen-bond acceptors (Lipinski definition) is 2. The number of aliphatic hydroxyl groups excluding tert-OH is 1. The van der Waals surface area contributed by atoms with Crippen LogP contribution in [-0.4, -0.2) is 17.1 Å². The van der Waals surface area contributed by atoms with Gasteiger partial charge in [0.1, 0.15) is 5.82 Å². The van der Waals surface area contributed by atoms with Gasteiger partial charge in [-0.1, -0.05) is 36.4 Å². The summed E-state index contributed by atoms with van der Waals surface area (Å²) in [6, 6.07) is 13.9. The van der Waals surface area contributed by atoms with Crippen LogP contribution in [0.2, 0.25) is 0 Å². The van der Waals surface area contributed by atoms with Crippen LogP contribution in [0.3, 0.4) is 0 Å². The van der Waals surface area contributed by atoms with Gasteiger partial charge >= 0.3 is 0 Å². The summed E-state index contributed by atoms with van der Waals surface area (Å²) in [5.41, 5.74) is 2.96. The quantitative estimate of drug-likeness (QED) is 0.915. The van der Waals surface area contributed by atoms with Crippen molar-refractivity contribution in [3.63, 3.8) is 0 Å². The zero-order chi connectivity index (χ0) is 16.0. The molecule has 1 fully saturated rings. The van der Waals surface area contributed by atoms with E-state index in [1.807, 2.05) is 30.3 Å². The highest BCUT2D eigenvalue weighted by Crippen LogP contribution is 2.48. The second-order valence-electron chi connectivity index (χ2n) is 6.46. The summed E-state index contributed by atoms with van der Waals surface area (Å²) in [5, 5.41) is 13.2. The Hall–Kier alpha value is -2.20. The largest absolute Gasteiger partial charge is 0.390 e. The number of fused-ring (bicyclic) bond motifs is 1. The zero-order valence-electron chi connectivity index (χ0n) is 12.6. The van der Waals surface area contributed by atoms with E-state index < -0.39 is 6.10 Å². The number of benzene rings is 2. The summed E-state index contributed by atoms with van der Waals surface area (Å²) >= 11 is 0. The SMILES string of the molecule is O=C(N[C@@H]1c2ccccc2C[C@@H]1O)[C@H]1C[C@@H]1c1cccc(F)c1. The molecule has 2 aromatic carbocycles. The zero-order valence-corrected chi connectivity index (χ0v) is 12.6. The molecule has 4 heteroatoms. The van der Waals surface area contributed by atoms with Crippen LogP contribution in [0.4, 0.5) is 4.39 Å². The number of aliphatic hydroxyl groups is 1. The average molecular weight is 311 g/mol. The Kier molecular flexibility index (Phi) is 3.42. The van der Waals surface area contributed by atoms with E-state index in [0.717, 1.165) is 23.1 Å². The lowest BCUT2D eigenvalue weighted by Crippen LogP contribution is -2.35. The Bertz CT molecular complexity index is 761. The van der Waals surface area contributed by atoms with Gasteiger partial charge in [-0.05, 0) is 41.2 Å². The van der Waals surface area contributed by atoms with Crippen LogP contribution in [0, 0.1) is 11.7 Å². The maximum Gasteiger partial charge on any atom is 0.224 e. The Labute approximate surface area is 134 Å². The molecule has 4 atom stereocenters. The Morgan fingerprint density at radius 1 is 1.17 bits per heavy atom. The third-order valence-corrected chi connectivity index (χ3v) is 4.91. The third kappa shape index (κ3) is 2.63. The van der Waals surface area contributed by atoms with Crippen molar-refractivity contribution in [2.45, 2.75) is 30.9 Å². The average Bonchev–Trinajstić information content (AvgIpc) is 3.28. The van der Waals surface area contributed by atoms with Gasteiger partial charge < -0.3 is 10.4 Å². The summed E-state index contributed by atoms with van der Waals surface area (Å²) in [4.78, 5) is 12.5. The van der Waals surface area contributed by atoms with Crippen LogP contribution in [0.15, 0.2) is 48.5 Å². The minimum absolute atomic E-state index is 0.0555. The Morgan fingerprint density at radius 2 is 2.00 bits per heavy atom. The van der Waals surface area contributed by atoms with Crippen molar-refractivity contribution in [2.24, 2.45) is 5.92 Å². The Morgan fingerprint density at radius 3 is 2.83 bits per heavy atom. The molecule has 0 spiro atoms. The minimum atomic E-state index is -0.581. The molecule has 0 saturated heterocycles. The van der Waals surface area contributed by atoms with Gasteiger partial charge in [0.05, 0.1) is 12.1 Å². The van der Waals surface area contributed by atoms with E-state index in [0.29, 0.717) is 6.42 Å². The molecular weight excluding hydrogens is 293 g/mol.